The minimum Gasteiger partial charge on any atom is -0.348 e. The third kappa shape index (κ3) is 1.77. The van der Waals surface area contributed by atoms with Gasteiger partial charge in [0.05, 0.1) is 0 Å². The molecule has 0 amide bonds. The van der Waals surface area contributed by atoms with Crippen molar-refractivity contribution >= 4 is 0 Å². The van der Waals surface area contributed by atoms with Crippen LogP contribution in [0, 0.1) is 5.82 Å². The number of rotatable bonds is 2. The van der Waals surface area contributed by atoms with Crippen LogP contribution in [0.3, 0.4) is 0 Å². The Kier molecular flexibility index (Phi) is 2.22. The first kappa shape index (κ1) is 9.31. The van der Waals surface area contributed by atoms with E-state index in [0.717, 1.165) is 18.7 Å². The normalized spacial score (nSPS) is 30.7. The van der Waals surface area contributed by atoms with Gasteiger partial charge < -0.3 is 4.74 Å². The van der Waals surface area contributed by atoms with Gasteiger partial charge in [0.15, 0.2) is 0 Å². The SMILES string of the molecule is Fc1cccc([C@@H]2O[C@@H]2N2CCCC2)c1. The van der Waals surface area contributed by atoms with Crippen LogP contribution < -0.4 is 0 Å². The zero-order valence-corrected chi connectivity index (χ0v) is 8.53. The molecule has 0 saturated carbocycles. The molecule has 2 saturated heterocycles. The molecule has 3 heteroatoms. The van der Waals surface area contributed by atoms with E-state index in [0.29, 0.717) is 0 Å². The van der Waals surface area contributed by atoms with E-state index in [9.17, 15) is 4.39 Å². The summed E-state index contributed by atoms with van der Waals surface area (Å²) in [6.45, 7) is 2.24. The molecule has 0 spiro atoms. The van der Waals surface area contributed by atoms with E-state index in [1.165, 1.54) is 18.9 Å². The Morgan fingerprint density at radius 1 is 1.27 bits per heavy atom. The second kappa shape index (κ2) is 3.58. The molecule has 2 aliphatic heterocycles. The number of hydrogen-bond acceptors (Lipinski definition) is 2. The average molecular weight is 207 g/mol. The highest BCUT2D eigenvalue weighted by Gasteiger charge is 2.45. The fraction of sp³-hybridized carbons (Fsp3) is 0.500. The Bertz CT molecular complexity index is 362. The van der Waals surface area contributed by atoms with Crippen LogP contribution in [0.1, 0.15) is 24.5 Å². The van der Waals surface area contributed by atoms with Crippen molar-refractivity contribution in [3.05, 3.63) is 35.6 Å². The Labute approximate surface area is 88.6 Å². The van der Waals surface area contributed by atoms with E-state index < -0.39 is 0 Å². The fourth-order valence-electron chi connectivity index (χ4n) is 2.31. The highest BCUT2D eigenvalue weighted by molar-refractivity contribution is 5.23. The predicted octanol–water partition coefficient (Wildman–Crippen LogP) is 2.32. The van der Waals surface area contributed by atoms with Crippen molar-refractivity contribution in [1.29, 1.82) is 0 Å². The lowest BCUT2D eigenvalue weighted by molar-refractivity contribution is 0.210. The molecular weight excluding hydrogens is 193 g/mol. The number of likely N-dealkylation sites (tertiary alicyclic amines) is 1. The zero-order chi connectivity index (χ0) is 10.3. The summed E-state index contributed by atoms with van der Waals surface area (Å²) in [6, 6.07) is 6.72. The van der Waals surface area contributed by atoms with Gasteiger partial charge in [-0.2, -0.15) is 0 Å². The molecular formula is C12H14FNO. The molecule has 1 aromatic rings. The fourth-order valence-corrected chi connectivity index (χ4v) is 2.31. The van der Waals surface area contributed by atoms with E-state index in [-0.39, 0.29) is 18.1 Å². The van der Waals surface area contributed by atoms with Gasteiger partial charge in [0, 0.05) is 13.1 Å². The van der Waals surface area contributed by atoms with Crippen LogP contribution in [0.5, 0.6) is 0 Å². The first-order chi connectivity index (χ1) is 7.34. The molecule has 0 aliphatic carbocycles. The monoisotopic (exact) mass is 207 g/mol. The van der Waals surface area contributed by atoms with E-state index in [4.69, 9.17) is 4.74 Å². The Morgan fingerprint density at radius 2 is 2.07 bits per heavy atom. The molecule has 0 radical (unpaired) electrons. The second-order valence-corrected chi connectivity index (χ2v) is 4.25. The molecule has 0 N–H and O–H groups in total. The third-order valence-corrected chi connectivity index (χ3v) is 3.15. The summed E-state index contributed by atoms with van der Waals surface area (Å²) in [4.78, 5) is 2.34. The second-order valence-electron chi connectivity index (χ2n) is 4.25. The van der Waals surface area contributed by atoms with Gasteiger partial charge in [-0.05, 0) is 30.5 Å². The summed E-state index contributed by atoms with van der Waals surface area (Å²) in [5.41, 5.74) is 0.965. The number of hydrogen-bond donors (Lipinski definition) is 0. The summed E-state index contributed by atoms with van der Waals surface area (Å²) in [6.07, 6.45) is 2.82. The number of halogens is 1. The van der Waals surface area contributed by atoms with Crippen molar-refractivity contribution in [2.45, 2.75) is 25.2 Å². The van der Waals surface area contributed by atoms with Gasteiger partial charge in [-0.25, -0.2) is 4.39 Å². The van der Waals surface area contributed by atoms with Crippen LogP contribution in [-0.2, 0) is 4.74 Å². The highest BCUT2D eigenvalue weighted by Crippen LogP contribution is 2.42. The molecule has 3 rings (SSSR count). The molecule has 2 heterocycles. The minimum absolute atomic E-state index is 0.0961. The topological polar surface area (TPSA) is 15.8 Å². The molecule has 2 fully saturated rings. The summed E-state index contributed by atoms with van der Waals surface area (Å²) in [5, 5.41) is 0. The van der Waals surface area contributed by atoms with Crippen molar-refractivity contribution in [2.75, 3.05) is 13.1 Å². The molecule has 2 aliphatic rings. The first-order valence-corrected chi connectivity index (χ1v) is 5.49. The number of nitrogens with zero attached hydrogens (tertiary/aromatic N) is 1. The van der Waals surface area contributed by atoms with Gasteiger partial charge in [-0.1, -0.05) is 12.1 Å². The predicted molar refractivity (Wildman–Crippen MR) is 54.8 cm³/mol. The lowest BCUT2D eigenvalue weighted by Crippen LogP contribution is -2.23. The maximum Gasteiger partial charge on any atom is 0.142 e. The van der Waals surface area contributed by atoms with Gasteiger partial charge in [0.2, 0.25) is 0 Å². The van der Waals surface area contributed by atoms with Crippen molar-refractivity contribution in [3.8, 4) is 0 Å². The summed E-state index contributed by atoms with van der Waals surface area (Å²) in [5.74, 6) is -0.178. The first-order valence-electron chi connectivity index (χ1n) is 5.49. The molecule has 80 valence electrons. The number of ether oxygens (including phenoxy) is 1. The molecule has 15 heavy (non-hydrogen) atoms. The quantitative estimate of drug-likeness (QED) is 0.692. The molecule has 2 atom stereocenters. The number of epoxide rings is 1. The summed E-state index contributed by atoms with van der Waals surface area (Å²) >= 11 is 0. The minimum atomic E-state index is -0.178. The van der Waals surface area contributed by atoms with Crippen molar-refractivity contribution in [3.63, 3.8) is 0 Å². The van der Waals surface area contributed by atoms with Crippen LogP contribution in [-0.4, -0.2) is 24.2 Å². The lowest BCUT2D eigenvalue weighted by atomic mass is 10.1. The lowest BCUT2D eigenvalue weighted by Gasteiger charge is -2.10. The van der Waals surface area contributed by atoms with Crippen LogP contribution >= 0.6 is 0 Å². The van der Waals surface area contributed by atoms with Gasteiger partial charge >= 0.3 is 0 Å². The molecule has 0 bridgehead atoms. The van der Waals surface area contributed by atoms with Crippen molar-refractivity contribution in [2.24, 2.45) is 0 Å². The zero-order valence-electron chi connectivity index (χ0n) is 8.53. The molecule has 2 nitrogen and oxygen atoms in total. The van der Waals surface area contributed by atoms with Gasteiger partial charge in [0.25, 0.3) is 0 Å². The molecule has 1 aromatic carbocycles. The third-order valence-electron chi connectivity index (χ3n) is 3.15. The summed E-state index contributed by atoms with van der Waals surface area (Å²) in [7, 11) is 0. The molecule has 0 unspecified atom stereocenters. The van der Waals surface area contributed by atoms with Crippen LogP contribution in [0.4, 0.5) is 4.39 Å². The maximum atomic E-state index is 13.0. The van der Waals surface area contributed by atoms with Crippen LogP contribution in [0.25, 0.3) is 0 Å². The summed E-state index contributed by atoms with van der Waals surface area (Å²) < 4.78 is 18.6. The van der Waals surface area contributed by atoms with E-state index >= 15 is 0 Å². The Hall–Kier alpha value is -0.930. The van der Waals surface area contributed by atoms with Gasteiger partial charge in [-0.3, -0.25) is 4.90 Å². The van der Waals surface area contributed by atoms with E-state index in [1.807, 2.05) is 6.07 Å². The van der Waals surface area contributed by atoms with E-state index in [1.54, 1.807) is 12.1 Å². The van der Waals surface area contributed by atoms with Crippen molar-refractivity contribution < 1.29 is 9.13 Å². The average Bonchev–Trinajstić information content (AvgIpc) is 2.86. The smallest absolute Gasteiger partial charge is 0.142 e. The Morgan fingerprint density at radius 3 is 2.80 bits per heavy atom. The number of benzene rings is 1. The van der Waals surface area contributed by atoms with Crippen LogP contribution in [0.2, 0.25) is 0 Å². The maximum absolute atomic E-state index is 13.0. The Balaban J connectivity index is 1.70. The molecule has 0 aromatic heterocycles. The van der Waals surface area contributed by atoms with E-state index in [2.05, 4.69) is 4.90 Å². The standard InChI is InChI=1S/C12H14FNO/c13-10-5-3-4-9(8-10)11-12(15-11)14-6-1-2-7-14/h3-5,8,11-12H,1-2,6-7H2/t11-,12-/m0/s1. The highest BCUT2D eigenvalue weighted by atomic mass is 19.1. The van der Waals surface area contributed by atoms with Crippen molar-refractivity contribution in [1.82, 2.24) is 4.90 Å². The van der Waals surface area contributed by atoms with Gasteiger partial charge in [-0.15, -0.1) is 0 Å². The van der Waals surface area contributed by atoms with Crippen LogP contribution in [0.15, 0.2) is 24.3 Å². The van der Waals surface area contributed by atoms with Gasteiger partial charge in [0.1, 0.15) is 18.1 Å². The largest absolute Gasteiger partial charge is 0.348 e.